The molecule has 0 N–H and O–H groups in total. The summed E-state index contributed by atoms with van der Waals surface area (Å²) in [5.41, 5.74) is -1.47. The second-order valence-electron chi connectivity index (χ2n) is 7.25. The van der Waals surface area contributed by atoms with Gasteiger partial charge in [-0.05, 0) is 12.8 Å². The maximum absolute atomic E-state index is 11.7. The Bertz CT molecular complexity index is 650. The lowest BCUT2D eigenvalue weighted by Gasteiger charge is -2.33. The first-order chi connectivity index (χ1) is 14.0. The fourth-order valence-corrected chi connectivity index (χ4v) is 3.36. The van der Waals surface area contributed by atoms with E-state index in [1.165, 1.54) is 13.8 Å². The molecule has 1 aliphatic heterocycles. The molecule has 4 atom stereocenters. The largest absolute Gasteiger partial charge is 0.453 e. The van der Waals surface area contributed by atoms with E-state index in [-0.39, 0.29) is 6.61 Å². The third kappa shape index (κ3) is 8.84. The van der Waals surface area contributed by atoms with E-state index in [0.29, 0.717) is 19.6 Å². The maximum Gasteiger partial charge on any atom is 0.305 e. The molecule has 10 nitrogen and oxygen atoms in total. The summed E-state index contributed by atoms with van der Waals surface area (Å²) in [5, 5.41) is 0. The zero-order valence-corrected chi connectivity index (χ0v) is 19.2. The summed E-state index contributed by atoms with van der Waals surface area (Å²) in [4.78, 5) is 23.3. The minimum Gasteiger partial charge on any atom is -0.453 e. The van der Waals surface area contributed by atoms with Gasteiger partial charge in [-0.25, -0.2) is 0 Å². The van der Waals surface area contributed by atoms with Gasteiger partial charge in [-0.3, -0.25) is 13.8 Å². The van der Waals surface area contributed by atoms with Gasteiger partial charge in [-0.15, -0.1) is 0 Å². The van der Waals surface area contributed by atoms with E-state index in [4.69, 9.17) is 27.9 Å². The first-order valence-corrected chi connectivity index (χ1v) is 11.9. The molecule has 1 heterocycles. The lowest BCUT2D eigenvalue weighted by Crippen LogP contribution is -2.53. The van der Waals surface area contributed by atoms with Gasteiger partial charge in [0.2, 0.25) is 6.29 Å². The zero-order chi connectivity index (χ0) is 22.8. The Kier molecular flexibility index (Phi) is 11.2. The fraction of sp³-hybridized carbons (Fsp3) is 0.895. The van der Waals surface area contributed by atoms with Crippen molar-refractivity contribution >= 4 is 22.1 Å². The van der Waals surface area contributed by atoms with Gasteiger partial charge in [0.15, 0.2) is 11.7 Å². The Morgan fingerprint density at radius 1 is 0.967 bits per heavy atom. The number of rotatable bonds is 14. The Labute approximate surface area is 178 Å². The number of carbonyl (C=O) groups excluding carboxylic acids is 2. The van der Waals surface area contributed by atoms with Gasteiger partial charge >= 0.3 is 11.9 Å². The average Bonchev–Trinajstić information content (AvgIpc) is 2.89. The molecule has 1 fully saturated rings. The van der Waals surface area contributed by atoms with Gasteiger partial charge in [-0.1, -0.05) is 26.7 Å². The second kappa shape index (κ2) is 12.6. The number of hydrogen-bond donors (Lipinski definition) is 0. The molecule has 11 heteroatoms. The third-order valence-corrected chi connectivity index (χ3v) is 4.87. The highest BCUT2D eigenvalue weighted by atomic mass is 32.2. The lowest BCUT2D eigenvalue weighted by molar-refractivity contribution is -0.216. The molecule has 0 aromatic heterocycles. The van der Waals surface area contributed by atoms with Crippen LogP contribution in [0.4, 0.5) is 0 Å². The van der Waals surface area contributed by atoms with Gasteiger partial charge in [-0.2, -0.15) is 8.42 Å². The average molecular weight is 455 g/mol. The molecule has 0 radical (unpaired) electrons. The maximum atomic E-state index is 11.7. The van der Waals surface area contributed by atoms with E-state index in [1.807, 2.05) is 13.8 Å². The highest BCUT2D eigenvalue weighted by Gasteiger charge is 2.60. The molecule has 0 aromatic carbocycles. The van der Waals surface area contributed by atoms with E-state index < -0.39 is 52.8 Å². The normalized spacial score (nSPS) is 26.5. The third-order valence-electron chi connectivity index (χ3n) is 4.32. The van der Waals surface area contributed by atoms with Crippen LogP contribution < -0.4 is 0 Å². The van der Waals surface area contributed by atoms with Gasteiger partial charge in [0.05, 0.1) is 12.9 Å². The SMILES string of the molecule is CCCCOC[C@@]1(COS(C)(=O)=O)OC(OC(C)=O)[C@@H](OC(C)=O)C1OCCCC. The van der Waals surface area contributed by atoms with Crippen molar-refractivity contribution in [3.05, 3.63) is 0 Å². The Balaban J connectivity index is 3.26. The number of esters is 2. The summed E-state index contributed by atoms with van der Waals surface area (Å²) in [6, 6.07) is 0. The van der Waals surface area contributed by atoms with Crippen LogP contribution in [0.5, 0.6) is 0 Å². The molecule has 1 saturated heterocycles. The smallest absolute Gasteiger partial charge is 0.305 e. The predicted molar refractivity (Wildman–Crippen MR) is 106 cm³/mol. The summed E-state index contributed by atoms with van der Waals surface area (Å²) in [7, 11) is -3.82. The lowest BCUT2D eigenvalue weighted by atomic mass is 9.96. The van der Waals surface area contributed by atoms with Gasteiger partial charge in [0.1, 0.15) is 12.7 Å². The quantitative estimate of drug-likeness (QED) is 0.217. The van der Waals surface area contributed by atoms with Crippen LogP contribution in [0.3, 0.4) is 0 Å². The van der Waals surface area contributed by atoms with E-state index in [0.717, 1.165) is 25.5 Å². The molecule has 30 heavy (non-hydrogen) atoms. The minimum absolute atomic E-state index is 0.102. The molecule has 0 saturated carbocycles. The summed E-state index contributed by atoms with van der Waals surface area (Å²) >= 11 is 0. The van der Waals surface area contributed by atoms with Crippen LogP contribution in [0, 0.1) is 0 Å². The first kappa shape index (κ1) is 26.8. The number of carbonyl (C=O) groups is 2. The molecule has 0 aromatic rings. The van der Waals surface area contributed by atoms with E-state index in [9.17, 15) is 18.0 Å². The van der Waals surface area contributed by atoms with Crippen molar-refractivity contribution in [2.75, 3.05) is 32.7 Å². The van der Waals surface area contributed by atoms with Gasteiger partial charge < -0.3 is 23.7 Å². The number of ether oxygens (including phenoxy) is 5. The van der Waals surface area contributed by atoms with Crippen molar-refractivity contribution in [3.8, 4) is 0 Å². The Morgan fingerprint density at radius 2 is 1.57 bits per heavy atom. The van der Waals surface area contributed by atoms with Gasteiger partial charge in [0, 0.05) is 27.1 Å². The van der Waals surface area contributed by atoms with Crippen LogP contribution in [-0.4, -0.2) is 77.1 Å². The van der Waals surface area contributed by atoms with E-state index >= 15 is 0 Å². The van der Waals surface area contributed by atoms with Crippen LogP contribution in [0.15, 0.2) is 0 Å². The van der Waals surface area contributed by atoms with Crippen LogP contribution >= 0.6 is 0 Å². The number of unbranched alkanes of at least 4 members (excludes halogenated alkanes) is 2. The van der Waals surface area contributed by atoms with Crippen LogP contribution in [0.1, 0.15) is 53.4 Å². The van der Waals surface area contributed by atoms with Crippen molar-refractivity contribution in [1.29, 1.82) is 0 Å². The summed E-state index contributed by atoms with van der Waals surface area (Å²) in [6.45, 7) is 6.52. The second-order valence-corrected chi connectivity index (χ2v) is 8.90. The van der Waals surface area contributed by atoms with Crippen molar-refractivity contribution in [2.24, 2.45) is 0 Å². The summed E-state index contributed by atoms with van der Waals surface area (Å²) < 4.78 is 56.5. The summed E-state index contributed by atoms with van der Waals surface area (Å²) in [6.07, 6.45) is 0.771. The number of hydrogen-bond acceptors (Lipinski definition) is 10. The van der Waals surface area contributed by atoms with Crippen LogP contribution in [-0.2, 0) is 47.6 Å². The molecule has 1 aliphatic rings. The standard InChI is InChI=1S/C19H34O10S/c1-6-8-10-24-12-19(13-26-30(5,22)23)17(25-11-9-7-2)16(27-14(3)20)18(29-19)28-15(4)21/h16-18H,6-13H2,1-5H3/t16-,17?,18?,19-/m0/s1. The topological polar surface area (TPSA) is 124 Å². The minimum atomic E-state index is -3.82. The molecule has 0 bridgehead atoms. The molecule has 2 unspecified atom stereocenters. The Morgan fingerprint density at radius 3 is 2.10 bits per heavy atom. The molecule has 1 rings (SSSR count). The molecule has 0 amide bonds. The van der Waals surface area contributed by atoms with Crippen LogP contribution in [0.2, 0.25) is 0 Å². The zero-order valence-electron chi connectivity index (χ0n) is 18.4. The fourth-order valence-electron chi connectivity index (χ4n) is 2.94. The highest BCUT2D eigenvalue weighted by molar-refractivity contribution is 7.85. The molecular weight excluding hydrogens is 420 g/mol. The van der Waals surface area contributed by atoms with Crippen molar-refractivity contribution < 1.29 is 45.9 Å². The van der Waals surface area contributed by atoms with Crippen molar-refractivity contribution in [2.45, 2.75) is 77.5 Å². The summed E-state index contributed by atoms with van der Waals surface area (Å²) in [5.74, 6) is -1.28. The monoisotopic (exact) mass is 454 g/mol. The van der Waals surface area contributed by atoms with Crippen molar-refractivity contribution in [1.82, 2.24) is 0 Å². The molecular formula is C19H34O10S. The van der Waals surface area contributed by atoms with E-state index in [2.05, 4.69) is 0 Å². The highest BCUT2D eigenvalue weighted by Crippen LogP contribution is 2.37. The Hall–Kier alpha value is -1.27. The molecule has 0 spiro atoms. The van der Waals surface area contributed by atoms with Crippen molar-refractivity contribution in [3.63, 3.8) is 0 Å². The van der Waals surface area contributed by atoms with Crippen LogP contribution in [0.25, 0.3) is 0 Å². The first-order valence-electron chi connectivity index (χ1n) is 10.1. The molecule has 0 aliphatic carbocycles. The molecule has 176 valence electrons. The predicted octanol–water partition coefficient (Wildman–Crippen LogP) is 1.55. The van der Waals surface area contributed by atoms with E-state index in [1.54, 1.807) is 0 Å². The van der Waals surface area contributed by atoms with Gasteiger partial charge in [0.25, 0.3) is 10.1 Å².